The van der Waals surface area contributed by atoms with Gasteiger partial charge in [0.1, 0.15) is 6.21 Å². The first-order chi connectivity index (χ1) is 13.9. The van der Waals surface area contributed by atoms with Gasteiger partial charge in [-0.25, -0.2) is 13.4 Å². The lowest BCUT2D eigenvalue weighted by Crippen LogP contribution is -2.44. The SMILES string of the molecule is COc1ccc(NC2=N[N+]3(c4cccc(NS(C)(=O)=O)c4)C=CN=CC3=N2)cn1. The van der Waals surface area contributed by atoms with Gasteiger partial charge in [0, 0.05) is 18.2 Å². The summed E-state index contributed by atoms with van der Waals surface area (Å²) in [6.45, 7) is 0. The third-order valence-electron chi connectivity index (χ3n) is 4.13. The molecule has 1 aromatic heterocycles. The van der Waals surface area contributed by atoms with E-state index in [2.05, 4.69) is 25.0 Å². The first-order valence-corrected chi connectivity index (χ1v) is 10.4. The van der Waals surface area contributed by atoms with Crippen LogP contribution in [-0.4, -0.2) is 44.8 Å². The molecular formula is C18H18N7O3S+. The van der Waals surface area contributed by atoms with Crippen molar-refractivity contribution in [2.24, 2.45) is 15.1 Å². The molecule has 0 saturated carbocycles. The van der Waals surface area contributed by atoms with Gasteiger partial charge in [-0.3, -0.25) is 9.71 Å². The highest BCUT2D eigenvalue weighted by Crippen LogP contribution is 2.33. The molecule has 0 saturated heterocycles. The second-order valence-corrected chi connectivity index (χ2v) is 8.04. The van der Waals surface area contributed by atoms with Crippen LogP contribution in [0.2, 0.25) is 0 Å². The molecule has 1 aromatic carbocycles. The van der Waals surface area contributed by atoms with Crippen LogP contribution < -0.4 is 19.4 Å². The Morgan fingerprint density at radius 3 is 2.72 bits per heavy atom. The summed E-state index contributed by atoms with van der Waals surface area (Å²) in [5.41, 5.74) is 1.83. The molecule has 0 bridgehead atoms. The van der Waals surface area contributed by atoms with E-state index in [9.17, 15) is 8.42 Å². The fourth-order valence-electron chi connectivity index (χ4n) is 2.91. The lowest BCUT2D eigenvalue weighted by Gasteiger charge is -2.24. The summed E-state index contributed by atoms with van der Waals surface area (Å²) < 4.78 is 30.6. The van der Waals surface area contributed by atoms with Gasteiger partial charge in [0.15, 0.2) is 11.9 Å². The Bertz CT molecular complexity index is 1170. The van der Waals surface area contributed by atoms with E-state index in [4.69, 9.17) is 9.84 Å². The molecule has 0 radical (unpaired) electrons. The zero-order valence-corrected chi connectivity index (χ0v) is 16.5. The van der Waals surface area contributed by atoms with Gasteiger partial charge in [0.25, 0.3) is 11.8 Å². The minimum absolute atomic E-state index is 0.0747. The van der Waals surface area contributed by atoms with E-state index in [-0.39, 0.29) is 4.59 Å². The van der Waals surface area contributed by atoms with E-state index >= 15 is 0 Å². The molecule has 0 amide bonds. The van der Waals surface area contributed by atoms with Gasteiger partial charge in [-0.2, -0.15) is 4.99 Å². The molecule has 0 fully saturated rings. The average Bonchev–Trinajstić information content (AvgIpc) is 3.06. The third kappa shape index (κ3) is 3.86. The maximum Gasteiger partial charge on any atom is 0.287 e. The number of quaternary nitrogens is 1. The number of sulfonamides is 1. The molecule has 2 aliphatic heterocycles. The molecule has 11 heteroatoms. The van der Waals surface area contributed by atoms with Crippen molar-refractivity contribution in [3.63, 3.8) is 0 Å². The fourth-order valence-corrected chi connectivity index (χ4v) is 3.46. The van der Waals surface area contributed by atoms with Crippen LogP contribution in [0.3, 0.4) is 0 Å². The van der Waals surface area contributed by atoms with Crippen LogP contribution in [0, 0.1) is 0 Å². The number of ether oxygens (including phenoxy) is 1. The molecule has 4 rings (SSSR count). The number of aliphatic imine (C=N–C) groups is 2. The van der Waals surface area contributed by atoms with Crippen molar-refractivity contribution in [1.29, 1.82) is 0 Å². The maximum absolute atomic E-state index is 11.6. The van der Waals surface area contributed by atoms with Crippen molar-refractivity contribution < 1.29 is 13.2 Å². The molecule has 2 aliphatic rings. The summed E-state index contributed by atoms with van der Waals surface area (Å²) in [6, 6.07) is 10.5. The Morgan fingerprint density at radius 1 is 1.14 bits per heavy atom. The van der Waals surface area contributed by atoms with E-state index in [1.54, 1.807) is 62.3 Å². The highest BCUT2D eigenvalue weighted by molar-refractivity contribution is 7.92. The molecule has 0 spiro atoms. The van der Waals surface area contributed by atoms with Crippen LogP contribution in [0.4, 0.5) is 17.1 Å². The summed E-state index contributed by atoms with van der Waals surface area (Å²) in [7, 11) is -1.85. The topological polar surface area (TPSA) is 117 Å². The predicted molar refractivity (Wildman–Crippen MR) is 114 cm³/mol. The molecule has 2 N–H and O–H groups in total. The minimum Gasteiger partial charge on any atom is -0.481 e. The number of methoxy groups -OCH3 is 1. The van der Waals surface area contributed by atoms with Crippen molar-refractivity contribution in [3.8, 4) is 5.88 Å². The number of guanidine groups is 1. The van der Waals surface area contributed by atoms with Crippen molar-refractivity contribution in [1.82, 2.24) is 9.58 Å². The van der Waals surface area contributed by atoms with Crippen LogP contribution in [0.5, 0.6) is 5.88 Å². The number of amidine groups is 1. The Hall–Kier alpha value is -3.57. The molecular weight excluding hydrogens is 394 g/mol. The number of fused-ring (bicyclic) bond motifs is 1. The molecule has 2 aromatic rings. The van der Waals surface area contributed by atoms with Crippen LogP contribution in [-0.2, 0) is 10.0 Å². The normalized spacial score (nSPS) is 19.9. The first-order valence-electron chi connectivity index (χ1n) is 8.53. The Morgan fingerprint density at radius 2 is 2.00 bits per heavy atom. The van der Waals surface area contributed by atoms with Gasteiger partial charge in [0.2, 0.25) is 15.9 Å². The van der Waals surface area contributed by atoms with E-state index < -0.39 is 10.0 Å². The zero-order chi connectivity index (χ0) is 20.5. The molecule has 0 aliphatic carbocycles. The lowest BCUT2D eigenvalue weighted by atomic mass is 10.2. The highest BCUT2D eigenvalue weighted by Gasteiger charge is 2.43. The van der Waals surface area contributed by atoms with Gasteiger partial charge in [-0.15, -0.1) is 0 Å². The first kappa shape index (κ1) is 18.8. The van der Waals surface area contributed by atoms with Crippen LogP contribution in [0.25, 0.3) is 0 Å². The van der Waals surface area contributed by atoms with Gasteiger partial charge in [0.05, 0.1) is 37.1 Å². The molecule has 1 atom stereocenters. The maximum atomic E-state index is 11.6. The quantitative estimate of drug-likeness (QED) is 0.730. The molecule has 29 heavy (non-hydrogen) atoms. The van der Waals surface area contributed by atoms with E-state index in [0.29, 0.717) is 34.7 Å². The number of nitrogens with one attached hydrogen (secondary N) is 2. The lowest BCUT2D eigenvalue weighted by molar-refractivity contribution is 0.398. The number of hydrogen-bond donors (Lipinski definition) is 2. The van der Waals surface area contributed by atoms with Gasteiger partial charge < -0.3 is 10.1 Å². The summed E-state index contributed by atoms with van der Waals surface area (Å²) in [4.78, 5) is 12.8. The molecule has 10 nitrogen and oxygen atoms in total. The van der Waals surface area contributed by atoms with Crippen LogP contribution >= 0.6 is 0 Å². The average molecular weight is 412 g/mol. The summed E-state index contributed by atoms with van der Waals surface area (Å²) in [5.74, 6) is 1.43. The predicted octanol–water partition coefficient (Wildman–Crippen LogP) is 2.12. The number of anilines is 2. The van der Waals surface area contributed by atoms with Gasteiger partial charge >= 0.3 is 0 Å². The monoisotopic (exact) mass is 412 g/mol. The van der Waals surface area contributed by atoms with Crippen molar-refractivity contribution in [2.45, 2.75) is 0 Å². The van der Waals surface area contributed by atoms with E-state index in [1.807, 2.05) is 6.07 Å². The van der Waals surface area contributed by atoms with Crippen LogP contribution in [0.1, 0.15) is 0 Å². The second-order valence-electron chi connectivity index (χ2n) is 6.29. The second kappa shape index (κ2) is 7.11. The van der Waals surface area contributed by atoms with Crippen molar-refractivity contribution in [2.75, 3.05) is 23.4 Å². The molecule has 148 valence electrons. The number of aromatic nitrogens is 1. The minimum atomic E-state index is -3.40. The Kier molecular flexibility index (Phi) is 4.60. The summed E-state index contributed by atoms with van der Waals surface area (Å²) >= 11 is 0. The zero-order valence-electron chi connectivity index (χ0n) is 15.6. The van der Waals surface area contributed by atoms with Gasteiger partial charge in [-0.05, 0) is 17.2 Å². The van der Waals surface area contributed by atoms with Gasteiger partial charge in [-0.1, -0.05) is 10.7 Å². The highest BCUT2D eigenvalue weighted by atomic mass is 32.2. The summed E-state index contributed by atoms with van der Waals surface area (Å²) in [6.07, 6.45) is 7.72. The van der Waals surface area contributed by atoms with Crippen molar-refractivity contribution >= 4 is 45.1 Å². The van der Waals surface area contributed by atoms with E-state index in [1.165, 1.54) is 0 Å². The van der Waals surface area contributed by atoms with Crippen molar-refractivity contribution in [3.05, 3.63) is 55.0 Å². The Balaban J connectivity index is 1.69. The summed E-state index contributed by atoms with van der Waals surface area (Å²) in [5, 5.41) is 7.83. The third-order valence-corrected chi connectivity index (χ3v) is 4.73. The Labute approximate surface area is 167 Å². The standard InChI is InChI=1S/C18H18N7O3S/c1-28-17-7-6-14(11-20-17)21-18-22-16-12-19-8-9-25(16,23-18)15-5-3-4-13(10-15)24-29(2,26)27/h3-12,24H,1-2H3,(H,21,23)/q+1. The number of pyridine rings is 1. The largest absolute Gasteiger partial charge is 0.481 e. The number of rotatable bonds is 5. The van der Waals surface area contributed by atoms with E-state index in [0.717, 1.165) is 6.26 Å². The van der Waals surface area contributed by atoms with Crippen LogP contribution in [0.15, 0.2) is 70.1 Å². The smallest absolute Gasteiger partial charge is 0.287 e. The molecule has 3 heterocycles. The number of nitrogens with zero attached hydrogens (tertiary/aromatic N) is 5. The molecule has 1 unspecified atom stereocenters. The number of hydrogen-bond acceptors (Lipinski definition) is 8. The fraction of sp³-hybridized carbons (Fsp3) is 0.111. The number of benzene rings is 1.